The third kappa shape index (κ3) is 6.46. The van der Waals surface area contributed by atoms with Crippen LogP contribution in [0, 0.1) is 0 Å². The van der Waals surface area contributed by atoms with Crippen LogP contribution in [0.1, 0.15) is 28.4 Å². The van der Waals surface area contributed by atoms with E-state index in [2.05, 4.69) is 21.2 Å². The van der Waals surface area contributed by atoms with Gasteiger partial charge in [-0.25, -0.2) is 4.79 Å². The summed E-state index contributed by atoms with van der Waals surface area (Å²) >= 11 is 3.40. The molecular weight excluding hydrogens is 474 g/mol. The highest BCUT2D eigenvalue weighted by atomic mass is 79.9. The van der Waals surface area contributed by atoms with Crippen LogP contribution < -0.4 is 14.8 Å². The number of aliphatic carboxylic acids is 1. The lowest BCUT2D eigenvalue weighted by Gasteiger charge is -2.13. The standard InChI is InChI=1S/C25H22BrNO5/c1-2-31-23-15-18(10-13-22(23)32-16-17-8-11-20(26)12-9-17)14-21(25(29)30)27-24(28)19-6-4-3-5-7-19/h3-15H,2,16H2,1H3,(H,27,28)(H,29,30)/b21-14+. The van der Waals surface area contributed by atoms with Crippen LogP contribution in [0.25, 0.3) is 6.08 Å². The Labute approximate surface area is 194 Å². The average molecular weight is 496 g/mol. The van der Waals surface area contributed by atoms with Crippen molar-refractivity contribution < 1.29 is 24.2 Å². The summed E-state index contributed by atoms with van der Waals surface area (Å²) in [6.45, 7) is 2.62. The third-order valence-corrected chi connectivity index (χ3v) is 4.93. The molecule has 32 heavy (non-hydrogen) atoms. The molecular formula is C25H22BrNO5. The first-order chi connectivity index (χ1) is 15.5. The van der Waals surface area contributed by atoms with E-state index in [-0.39, 0.29) is 5.70 Å². The zero-order chi connectivity index (χ0) is 22.9. The first-order valence-electron chi connectivity index (χ1n) is 9.91. The predicted molar refractivity (Wildman–Crippen MR) is 126 cm³/mol. The fraction of sp³-hybridized carbons (Fsp3) is 0.120. The molecule has 0 aliphatic rings. The number of carboxylic acids is 1. The molecule has 7 heteroatoms. The zero-order valence-corrected chi connectivity index (χ0v) is 19.0. The van der Waals surface area contributed by atoms with Crippen molar-refractivity contribution in [3.63, 3.8) is 0 Å². The number of carboxylic acid groups (broad SMARTS) is 1. The highest BCUT2D eigenvalue weighted by Gasteiger charge is 2.14. The van der Waals surface area contributed by atoms with Crippen LogP contribution >= 0.6 is 15.9 Å². The first kappa shape index (κ1) is 23.1. The first-order valence-corrected chi connectivity index (χ1v) is 10.7. The molecule has 0 aromatic heterocycles. The Morgan fingerprint density at radius 3 is 2.34 bits per heavy atom. The Balaban J connectivity index is 1.79. The summed E-state index contributed by atoms with van der Waals surface area (Å²) in [6, 6.07) is 21.3. The van der Waals surface area contributed by atoms with Crippen molar-refractivity contribution in [1.82, 2.24) is 5.32 Å². The third-order valence-electron chi connectivity index (χ3n) is 4.40. The van der Waals surface area contributed by atoms with Gasteiger partial charge in [0.1, 0.15) is 12.3 Å². The second kappa shape index (κ2) is 11.2. The molecule has 0 aliphatic heterocycles. The number of nitrogens with one attached hydrogen (secondary N) is 1. The molecule has 0 saturated heterocycles. The number of carbonyl (C=O) groups excluding carboxylic acids is 1. The molecule has 0 atom stereocenters. The van der Waals surface area contributed by atoms with E-state index >= 15 is 0 Å². The van der Waals surface area contributed by atoms with Gasteiger partial charge >= 0.3 is 5.97 Å². The van der Waals surface area contributed by atoms with Crippen molar-refractivity contribution in [3.05, 3.63) is 99.7 Å². The maximum atomic E-state index is 12.4. The van der Waals surface area contributed by atoms with Crippen LogP contribution in [0.5, 0.6) is 11.5 Å². The minimum atomic E-state index is -1.25. The summed E-state index contributed by atoms with van der Waals surface area (Å²) in [5.74, 6) is -0.726. The van der Waals surface area contributed by atoms with Crippen molar-refractivity contribution in [2.75, 3.05) is 6.61 Å². The largest absolute Gasteiger partial charge is 0.490 e. The minimum Gasteiger partial charge on any atom is -0.490 e. The summed E-state index contributed by atoms with van der Waals surface area (Å²) in [6.07, 6.45) is 1.38. The van der Waals surface area contributed by atoms with Crippen molar-refractivity contribution >= 4 is 33.9 Å². The van der Waals surface area contributed by atoms with Crippen LogP contribution in [0.4, 0.5) is 0 Å². The van der Waals surface area contributed by atoms with Gasteiger partial charge in [-0.2, -0.15) is 0 Å². The molecule has 1 amide bonds. The highest BCUT2D eigenvalue weighted by Crippen LogP contribution is 2.30. The van der Waals surface area contributed by atoms with Crippen molar-refractivity contribution in [1.29, 1.82) is 0 Å². The summed E-state index contributed by atoms with van der Waals surface area (Å²) in [5.41, 5.74) is 1.67. The number of benzene rings is 3. The summed E-state index contributed by atoms with van der Waals surface area (Å²) in [4.78, 5) is 24.0. The SMILES string of the molecule is CCOc1cc(/C=C(/NC(=O)c2ccccc2)C(=O)O)ccc1OCc1ccc(Br)cc1. The van der Waals surface area contributed by atoms with Crippen LogP contribution in [-0.2, 0) is 11.4 Å². The van der Waals surface area contributed by atoms with Gasteiger partial charge in [0.05, 0.1) is 6.61 Å². The van der Waals surface area contributed by atoms with E-state index in [1.54, 1.807) is 48.5 Å². The molecule has 164 valence electrons. The number of amides is 1. The quantitative estimate of drug-likeness (QED) is 0.394. The van der Waals surface area contributed by atoms with E-state index < -0.39 is 11.9 Å². The topological polar surface area (TPSA) is 84.9 Å². The predicted octanol–water partition coefficient (Wildman–Crippen LogP) is 5.28. The second-order valence-corrected chi connectivity index (χ2v) is 7.65. The molecule has 3 aromatic carbocycles. The van der Waals surface area contributed by atoms with E-state index in [1.807, 2.05) is 31.2 Å². The van der Waals surface area contributed by atoms with E-state index in [0.717, 1.165) is 10.0 Å². The summed E-state index contributed by atoms with van der Waals surface area (Å²) in [7, 11) is 0. The second-order valence-electron chi connectivity index (χ2n) is 6.74. The van der Waals surface area contributed by atoms with Gasteiger partial charge < -0.3 is 19.9 Å². The molecule has 2 N–H and O–H groups in total. The summed E-state index contributed by atoms with van der Waals surface area (Å²) < 4.78 is 12.6. The normalized spacial score (nSPS) is 11.0. The highest BCUT2D eigenvalue weighted by molar-refractivity contribution is 9.10. The number of halogens is 1. The lowest BCUT2D eigenvalue weighted by atomic mass is 10.1. The van der Waals surface area contributed by atoms with Crippen LogP contribution in [-0.4, -0.2) is 23.6 Å². The Morgan fingerprint density at radius 1 is 0.969 bits per heavy atom. The Morgan fingerprint density at radius 2 is 1.69 bits per heavy atom. The van der Waals surface area contributed by atoms with Gasteiger partial charge in [-0.15, -0.1) is 0 Å². The molecule has 0 spiro atoms. The minimum absolute atomic E-state index is 0.246. The van der Waals surface area contributed by atoms with Crippen LogP contribution in [0.15, 0.2) is 83.0 Å². The maximum Gasteiger partial charge on any atom is 0.352 e. The van der Waals surface area contributed by atoms with Crippen LogP contribution in [0.3, 0.4) is 0 Å². The molecule has 0 unspecified atom stereocenters. The molecule has 6 nitrogen and oxygen atoms in total. The van der Waals surface area contributed by atoms with Gasteiger partial charge in [-0.3, -0.25) is 4.79 Å². The van der Waals surface area contributed by atoms with Gasteiger partial charge in [0.2, 0.25) is 0 Å². The average Bonchev–Trinajstić information content (AvgIpc) is 2.80. The number of rotatable bonds is 9. The van der Waals surface area contributed by atoms with E-state index in [4.69, 9.17) is 9.47 Å². The van der Waals surface area contributed by atoms with E-state index in [9.17, 15) is 14.7 Å². The lowest BCUT2D eigenvalue weighted by molar-refractivity contribution is -0.132. The van der Waals surface area contributed by atoms with Gasteiger partial charge in [0.25, 0.3) is 5.91 Å². The van der Waals surface area contributed by atoms with E-state index in [0.29, 0.717) is 35.8 Å². The van der Waals surface area contributed by atoms with Crippen molar-refractivity contribution in [3.8, 4) is 11.5 Å². The smallest absolute Gasteiger partial charge is 0.352 e. The fourth-order valence-corrected chi connectivity index (χ4v) is 3.11. The summed E-state index contributed by atoms with van der Waals surface area (Å²) in [5, 5.41) is 12.0. The number of carbonyl (C=O) groups is 2. The molecule has 3 aromatic rings. The molecule has 3 rings (SSSR count). The number of hydrogen-bond acceptors (Lipinski definition) is 4. The lowest BCUT2D eigenvalue weighted by Crippen LogP contribution is -2.27. The fourth-order valence-electron chi connectivity index (χ4n) is 2.85. The Hall–Kier alpha value is -3.58. The maximum absolute atomic E-state index is 12.4. The van der Waals surface area contributed by atoms with Gasteiger partial charge in [0, 0.05) is 10.0 Å². The molecule has 0 radical (unpaired) electrons. The van der Waals surface area contributed by atoms with Gasteiger partial charge in [-0.05, 0) is 60.5 Å². The van der Waals surface area contributed by atoms with Crippen molar-refractivity contribution in [2.45, 2.75) is 13.5 Å². The van der Waals surface area contributed by atoms with E-state index in [1.165, 1.54) is 6.08 Å². The van der Waals surface area contributed by atoms with Gasteiger partial charge in [0.15, 0.2) is 11.5 Å². The zero-order valence-electron chi connectivity index (χ0n) is 17.4. The molecule has 0 heterocycles. The molecule has 0 bridgehead atoms. The molecule has 0 aliphatic carbocycles. The Bertz CT molecular complexity index is 1110. The van der Waals surface area contributed by atoms with Crippen molar-refractivity contribution in [2.24, 2.45) is 0 Å². The Kier molecular flexibility index (Phi) is 8.05. The molecule has 0 saturated carbocycles. The van der Waals surface area contributed by atoms with Crippen LogP contribution in [0.2, 0.25) is 0 Å². The number of hydrogen-bond donors (Lipinski definition) is 2. The monoisotopic (exact) mass is 495 g/mol. The van der Waals surface area contributed by atoms with Gasteiger partial charge in [-0.1, -0.05) is 52.3 Å². The number of ether oxygens (including phenoxy) is 2. The molecule has 0 fully saturated rings.